The largest absolute Gasteiger partial charge is 0.473 e. The molecule has 2 aromatic heterocycles. The van der Waals surface area contributed by atoms with E-state index in [2.05, 4.69) is 15.3 Å². The van der Waals surface area contributed by atoms with Crippen LogP contribution >= 0.6 is 0 Å². The zero-order valence-electron chi connectivity index (χ0n) is 18.2. The van der Waals surface area contributed by atoms with E-state index in [9.17, 15) is 17.6 Å². The molecule has 1 N–H and O–H groups in total. The smallest absolute Gasteiger partial charge is 0.433 e. The number of benzene rings is 2. The van der Waals surface area contributed by atoms with E-state index in [0.717, 1.165) is 11.6 Å². The Bertz CT molecular complexity index is 1250. The molecular weight excluding hydrogens is 446 g/mol. The molecule has 8 heteroatoms. The summed E-state index contributed by atoms with van der Waals surface area (Å²) in [6, 6.07) is 20.5. The number of aromatic nitrogens is 2. The number of pyridine rings is 2. The van der Waals surface area contributed by atoms with Crippen molar-refractivity contribution >= 4 is 5.82 Å². The second kappa shape index (κ2) is 9.91. The lowest BCUT2D eigenvalue weighted by Crippen LogP contribution is -2.13. The van der Waals surface area contributed by atoms with Crippen molar-refractivity contribution in [2.75, 3.05) is 5.32 Å². The average Bonchev–Trinajstić information content (AvgIpc) is 2.83. The highest BCUT2D eigenvalue weighted by atomic mass is 19.4. The number of alkyl halides is 3. The molecule has 4 aromatic rings. The molecule has 2 heterocycles. The van der Waals surface area contributed by atoms with Crippen LogP contribution in [-0.2, 0) is 12.8 Å². The van der Waals surface area contributed by atoms with Crippen molar-refractivity contribution in [1.29, 1.82) is 0 Å². The summed E-state index contributed by atoms with van der Waals surface area (Å²) in [5.41, 5.74) is 1.69. The lowest BCUT2D eigenvalue weighted by molar-refractivity contribution is -0.141. The van der Waals surface area contributed by atoms with E-state index in [4.69, 9.17) is 4.74 Å². The van der Waals surface area contributed by atoms with E-state index in [0.29, 0.717) is 29.2 Å². The minimum Gasteiger partial charge on any atom is -0.473 e. The van der Waals surface area contributed by atoms with Gasteiger partial charge in [0.15, 0.2) is 0 Å². The number of hydrogen-bond donors (Lipinski definition) is 1. The van der Waals surface area contributed by atoms with Gasteiger partial charge in [-0.15, -0.1) is 0 Å². The number of ether oxygens (including phenoxy) is 1. The first-order valence-electron chi connectivity index (χ1n) is 10.5. The number of nitrogens with zero attached hydrogens (tertiary/aromatic N) is 2. The first kappa shape index (κ1) is 23.2. The van der Waals surface area contributed by atoms with Crippen LogP contribution in [0.25, 0.3) is 11.1 Å². The van der Waals surface area contributed by atoms with E-state index in [1.54, 1.807) is 31.2 Å². The van der Waals surface area contributed by atoms with Gasteiger partial charge in [-0.3, -0.25) is 0 Å². The Hall–Kier alpha value is -3.94. The van der Waals surface area contributed by atoms with Crippen LogP contribution in [0.2, 0.25) is 0 Å². The topological polar surface area (TPSA) is 47.0 Å². The highest BCUT2D eigenvalue weighted by Crippen LogP contribution is 2.35. The minimum atomic E-state index is -4.60. The fourth-order valence-electron chi connectivity index (χ4n) is 3.39. The summed E-state index contributed by atoms with van der Waals surface area (Å²) in [5.74, 6) is -0.0145. The molecule has 4 rings (SSSR count). The Kier molecular flexibility index (Phi) is 6.77. The molecule has 4 nitrogen and oxygen atoms in total. The quantitative estimate of drug-likeness (QED) is 0.296. The molecule has 0 amide bonds. The third-order valence-corrected chi connectivity index (χ3v) is 5.18. The Balaban J connectivity index is 1.64. The van der Waals surface area contributed by atoms with Gasteiger partial charge >= 0.3 is 6.18 Å². The average molecular weight is 467 g/mol. The van der Waals surface area contributed by atoms with Gasteiger partial charge < -0.3 is 10.1 Å². The zero-order chi connectivity index (χ0) is 24.1. The van der Waals surface area contributed by atoms with Crippen molar-refractivity contribution < 1.29 is 22.3 Å². The van der Waals surface area contributed by atoms with Crippen LogP contribution in [0.1, 0.15) is 29.8 Å². The number of rotatable bonds is 7. The standard InChI is InChI=1S/C26H21F4N3O/c1-17(19-7-9-21(27)10-8-19)32-25-22(11-12-23(33-25)26(28,29)30)20-13-14-31-24(15-20)34-16-18-5-3-2-4-6-18/h2-15,17H,16H2,1H3,(H,32,33). The third kappa shape index (κ3) is 5.70. The maximum Gasteiger partial charge on any atom is 0.433 e. The van der Waals surface area contributed by atoms with Crippen LogP contribution in [0.5, 0.6) is 5.88 Å². The summed E-state index contributed by atoms with van der Waals surface area (Å²) in [4.78, 5) is 8.06. The predicted octanol–water partition coefficient (Wildman–Crippen LogP) is 7.05. The Labute approximate surface area is 194 Å². The highest BCUT2D eigenvalue weighted by molar-refractivity contribution is 5.76. The lowest BCUT2D eigenvalue weighted by Gasteiger charge is -2.19. The van der Waals surface area contributed by atoms with Gasteiger partial charge in [-0.2, -0.15) is 13.2 Å². The SMILES string of the molecule is CC(Nc1nc(C(F)(F)F)ccc1-c1ccnc(OCc2ccccc2)c1)c1ccc(F)cc1. The van der Waals surface area contributed by atoms with Crippen LogP contribution in [0, 0.1) is 5.82 Å². The third-order valence-electron chi connectivity index (χ3n) is 5.18. The van der Waals surface area contributed by atoms with E-state index in [-0.39, 0.29) is 5.82 Å². The highest BCUT2D eigenvalue weighted by Gasteiger charge is 2.33. The minimum absolute atomic E-state index is 0.0480. The lowest BCUT2D eigenvalue weighted by atomic mass is 10.0. The van der Waals surface area contributed by atoms with E-state index < -0.39 is 23.7 Å². The molecule has 0 aliphatic heterocycles. The maximum atomic E-state index is 13.4. The molecule has 34 heavy (non-hydrogen) atoms. The normalized spacial score (nSPS) is 12.3. The second-order valence-electron chi connectivity index (χ2n) is 7.67. The van der Waals surface area contributed by atoms with Crippen molar-refractivity contribution in [3.05, 3.63) is 108 Å². The molecule has 2 aromatic carbocycles. The molecule has 1 unspecified atom stereocenters. The molecule has 1 atom stereocenters. The summed E-state index contributed by atoms with van der Waals surface area (Å²) < 4.78 is 59.2. The van der Waals surface area contributed by atoms with Crippen molar-refractivity contribution in [1.82, 2.24) is 9.97 Å². The van der Waals surface area contributed by atoms with Gasteiger partial charge in [-0.05, 0) is 53.9 Å². The summed E-state index contributed by atoms with van der Waals surface area (Å²) >= 11 is 0. The van der Waals surface area contributed by atoms with Crippen molar-refractivity contribution in [3.63, 3.8) is 0 Å². The predicted molar refractivity (Wildman–Crippen MR) is 122 cm³/mol. The van der Waals surface area contributed by atoms with Crippen molar-refractivity contribution in [2.24, 2.45) is 0 Å². The number of nitrogens with one attached hydrogen (secondary N) is 1. The first-order chi connectivity index (χ1) is 16.3. The second-order valence-corrected chi connectivity index (χ2v) is 7.67. The number of hydrogen-bond acceptors (Lipinski definition) is 4. The molecule has 0 aliphatic carbocycles. The number of halogens is 4. The summed E-state index contributed by atoms with van der Waals surface area (Å²) in [7, 11) is 0. The Morgan fingerprint density at radius 2 is 1.68 bits per heavy atom. The van der Waals surface area contributed by atoms with Crippen LogP contribution in [0.3, 0.4) is 0 Å². The summed E-state index contributed by atoms with van der Waals surface area (Å²) in [6.45, 7) is 2.06. The molecule has 174 valence electrons. The molecule has 0 radical (unpaired) electrons. The fourth-order valence-corrected chi connectivity index (χ4v) is 3.39. The van der Waals surface area contributed by atoms with Crippen molar-refractivity contribution in [3.8, 4) is 17.0 Å². The van der Waals surface area contributed by atoms with E-state index in [1.165, 1.54) is 24.4 Å². The molecule has 0 aliphatic rings. The van der Waals surface area contributed by atoms with Crippen LogP contribution in [-0.4, -0.2) is 9.97 Å². The molecule has 0 spiro atoms. The van der Waals surface area contributed by atoms with Gasteiger partial charge in [-0.25, -0.2) is 14.4 Å². The van der Waals surface area contributed by atoms with Gasteiger partial charge in [0.2, 0.25) is 5.88 Å². The summed E-state index contributed by atoms with van der Waals surface area (Å²) in [5, 5.41) is 3.04. The van der Waals surface area contributed by atoms with Gasteiger partial charge in [0.05, 0.1) is 0 Å². The molecular formula is C26H21F4N3O. The van der Waals surface area contributed by atoms with Gasteiger partial charge in [-0.1, -0.05) is 42.5 Å². The molecule has 0 saturated heterocycles. The van der Waals surface area contributed by atoms with Gasteiger partial charge in [0.25, 0.3) is 0 Å². The molecule has 0 bridgehead atoms. The molecule has 0 saturated carbocycles. The van der Waals surface area contributed by atoms with E-state index in [1.807, 2.05) is 30.3 Å². The van der Waals surface area contributed by atoms with E-state index >= 15 is 0 Å². The van der Waals surface area contributed by atoms with Crippen LogP contribution in [0.15, 0.2) is 85.1 Å². The number of anilines is 1. The fraction of sp³-hybridized carbons (Fsp3) is 0.154. The van der Waals surface area contributed by atoms with Crippen molar-refractivity contribution in [2.45, 2.75) is 25.7 Å². The van der Waals surface area contributed by atoms with Gasteiger partial charge in [0, 0.05) is 23.9 Å². The van der Waals surface area contributed by atoms with Crippen LogP contribution < -0.4 is 10.1 Å². The van der Waals surface area contributed by atoms with Crippen LogP contribution in [0.4, 0.5) is 23.4 Å². The van der Waals surface area contributed by atoms with Gasteiger partial charge in [0.1, 0.15) is 23.9 Å². The Morgan fingerprint density at radius 3 is 2.38 bits per heavy atom. The first-order valence-corrected chi connectivity index (χ1v) is 10.5. The Morgan fingerprint density at radius 1 is 0.941 bits per heavy atom. The zero-order valence-corrected chi connectivity index (χ0v) is 18.2. The monoisotopic (exact) mass is 467 g/mol. The maximum absolute atomic E-state index is 13.4. The summed E-state index contributed by atoms with van der Waals surface area (Å²) in [6.07, 6.45) is -3.07. The molecule has 0 fully saturated rings.